The normalized spacial score (nSPS) is 17.0. The molecule has 124 valence electrons. The molecule has 3 amide bonds. The fraction of sp³-hybridized carbons (Fsp3) is 0.235. The van der Waals surface area contributed by atoms with E-state index in [-0.39, 0.29) is 11.7 Å². The first-order valence-electron chi connectivity index (χ1n) is 7.62. The summed E-state index contributed by atoms with van der Waals surface area (Å²) in [6, 6.07) is 8.47. The maximum Gasteiger partial charge on any atom is 0.319 e. The molecule has 3 rings (SSSR count). The summed E-state index contributed by atoms with van der Waals surface area (Å²) in [5.74, 6) is -0.446. The first kappa shape index (κ1) is 15.9. The van der Waals surface area contributed by atoms with Gasteiger partial charge >= 0.3 is 6.03 Å². The van der Waals surface area contributed by atoms with Gasteiger partial charge in [0.1, 0.15) is 11.9 Å². The van der Waals surface area contributed by atoms with Crippen molar-refractivity contribution < 1.29 is 14.0 Å². The van der Waals surface area contributed by atoms with E-state index in [1.807, 2.05) is 0 Å². The van der Waals surface area contributed by atoms with Crippen LogP contribution in [0.4, 0.5) is 14.9 Å². The van der Waals surface area contributed by atoms with E-state index in [1.54, 1.807) is 35.4 Å². The predicted molar refractivity (Wildman–Crippen MR) is 86.6 cm³/mol. The molecule has 7 heteroatoms. The predicted octanol–water partition coefficient (Wildman–Crippen LogP) is 2.14. The van der Waals surface area contributed by atoms with Gasteiger partial charge in [0.2, 0.25) is 5.91 Å². The first-order chi connectivity index (χ1) is 11.6. The third-order valence-electron chi connectivity index (χ3n) is 3.81. The number of pyridine rings is 1. The summed E-state index contributed by atoms with van der Waals surface area (Å²) in [4.78, 5) is 29.9. The van der Waals surface area contributed by atoms with Crippen LogP contribution in [0.25, 0.3) is 0 Å². The van der Waals surface area contributed by atoms with Gasteiger partial charge in [-0.15, -0.1) is 0 Å². The average Bonchev–Trinajstić information content (AvgIpc) is 2.91. The van der Waals surface area contributed by atoms with E-state index in [0.29, 0.717) is 25.2 Å². The molecular formula is C17H17FN4O2. The number of rotatable bonds is 4. The van der Waals surface area contributed by atoms with E-state index in [0.717, 1.165) is 5.56 Å². The Hall–Kier alpha value is -2.96. The van der Waals surface area contributed by atoms with Crippen molar-refractivity contribution in [1.82, 2.24) is 15.2 Å². The van der Waals surface area contributed by atoms with Crippen LogP contribution in [-0.4, -0.2) is 34.4 Å². The van der Waals surface area contributed by atoms with Crippen molar-refractivity contribution in [2.45, 2.75) is 19.0 Å². The van der Waals surface area contributed by atoms with Crippen molar-refractivity contribution in [3.63, 3.8) is 0 Å². The van der Waals surface area contributed by atoms with Crippen LogP contribution in [0.5, 0.6) is 0 Å². The molecule has 1 aromatic carbocycles. The van der Waals surface area contributed by atoms with Crippen LogP contribution in [0.15, 0.2) is 48.8 Å². The summed E-state index contributed by atoms with van der Waals surface area (Å²) in [5.41, 5.74) is 1.41. The van der Waals surface area contributed by atoms with Crippen molar-refractivity contribution in [1.29, 1.82) is 0 Å². The van der Waals surface area contributed by atoms with E-state index < -0.39 is 12.1 Å². The number of hydrogen-bond donors (Lipinski definition) is 2. The maximum absolute atomic E-state index is 12.9. The SMILES string of the molecule is O=C(Nc1cccnc1)N[C@@H]1CCN(Cc2ccc(F)cc2)C1=O. The minimum Gasteiger partial charge on any atom is -0.336 e. The Morgan fingerprint density at radius 2 is 2.08 bits per heavy atom. The Morgan fingerprint density at radius 1 is 1.29 bits per heavy atom. The van der Waals surface area contributed by atoms with Crippen molar-refractivity contribution in [2.75, 3.05) is 11.9 Å². The van der Waals surface area contributed by atoms with Crippen molar-refractivity contribution in [3.8, 4) is 0 Å². The number of carbonyl (C=O) groups excluding carboxylic acids is 2. The summed E-state index contributed by atoms with van der Waals surface area (Å²) < 4.78 is 12.9. The van der Waals surface area contributed by atoms with E-state index in [2.05, 4.69) is 15.6 Å². The van der Waals surface area contributed by atoms with E-state index >= 15 is 0 Å². The van der Waals surface area contributed by atoms with Crippen LogP contribution < -0.4 is 10.6 Å². The van der Waals surface area contributed by atoms with Gasteiger partial charge in [-0.2, -0.15) is 0 Å². The number of halogens is 1. The average molecular weight is 328 g/mol. The monoisotopic (exact) mass is 328 g/mol. The Morgan fingerprint density at radius 3 is 2.79 bits per heavy atom. The van der Waals surface area contributed by atoms with Crippen LogP contribution >= 0.6 is 0 Å². The van der Waals surface area contributed by atoms with Gasteiger partial charge in [-0.05, 0) is 36.2 Å². The number of likely N-dealkylation sites (tertiary alicyclic amines) is 1. The Kier molecular flexibility index (Phi) is 4.69. The van der Waals surface area contributed by atoms with Crippen LogP contribution in [0.1, 0.15) is 12.0 Å². The first-order valence-corrected chi connectivity index (χ1v) is 7.62. The minimum atomic E-state index is -0.554. The summed E-state index contributed by atoms with van der Waals surface area (Å²) in [6.45, 7) is 0.954. The van der Waals surface area contributed by atoms with E-state index in [4.69, 9.17) is 0 Å². The van der Waals surface area contributed by atoms with Crippen molar-refractivity contribution in [3.05, 3.63) is 60.2 Å². The Bertz CT molecular complexity index is 721. The highest BCUT2D eigenvalue weighted by Crippen LogP contribution is 2.16. The minimum absolute atomic E-state index is 0.138. The number of benzene rings is 1. The number of nitrogens with zero attached hydrogens (tertiary/aromatic N) is 2. The second-order valence-corrected chi connectivity index (χ2v) is 5.57. The summed E-state index contributed by atoms with van der Waals surface area (Å²) in [6.07, 6.45) is 3.67. The molecule has 1 aromatic heterocycles. The zero-order valence-corrected chi connectivity index (χ0v) is 12.9. The molecule has 2 N–H and O–H groups in total. The number of amides is 3. The van der Waals surface area contributed by atoms with E-state index in [9.17, 15) is 14.0 Å². The van der Waals surface area contributed by atoms with Gasteiger partial charge < -0.3 is 15.5 Å². The number of aromatic nitrogens is 1. The van der Waals surface area contributed by atoms with Crippen LogP contribution in [0.2, 0.25) is 0 Å². The van der Waals surface area contributed by atoms with E-state index in [1.165, 1.54) is 18.3 Å². The quantitative estimate of drug-likeness (QED) is 0.903. The van der Waals surface area contributed by atoms with Crippen LogP contribution in [-0.2, 0) is 11.3 Å². The molecule has 0 radical (unpaired) electrons. The second kappa shape index (κ2) is 7.08. The zero-order valence-electron chi connectivity index (χ0n) is 12.9. The lowest BCUT2D eigenvalue weighted by Crippen LogP contribution is -2.43. The number of anilines is 1. The number of carbonyl (C=O) groups is 2. The molecule has 1 fully saturated rings. The summed E-state index contributed by atoms with van der Waals surface area (Å²) >= 11 is 0. The van der Waals surface area contributed by atoms with Gasteiger partial charge in [0.05, 0.1) is 11.9 Å². The van der Waals surface area contributed by atoms with Crippen LogP contribution in [0, 0.1) is 5.82 Å². The number of nitrogens with one attached hydrogen (secondary N) is 2. The Labute approximate surface area is 138 Å². The molecule has 1 saturated heterocycles. The fourth-order valence-corrected chi connectivity index (χ4v) is 2.60. The molecule has 0 saturated carbocycles. The largest absolute Gasteiger partial charge is 0.336 e. The smallest absolute Gasteiger partial charge is 0.319 e. The second-order valence-electron chi connectivity index (χ2n) is 5.57. The highest BCUT2D eigenvalue weighted by molar-refractivity contribution is 5.94. The molecule has 0 aliphatic carbocycles. The van der Waals surface area contributed by atoms with Gasteiger partial charge in [0.25, 0.3) is 0 Å². The maximum atomic E-state index is 12.9. The summed E-state index contributed by atoms with van der Waals surface area (Å²) in [5, 5.41) is 5.31. The third-order valence-corrected chi connectivity index (χ3v) is 3.81. The molecule has 6 nitrogen and oxygen atoms in total. The third kappa shape index (κ3) is 3.87. The molecule has 1 aliphatic heterocycles. The Balaban J connectivity index is 1.54. The molecule has 2 aromatic rings. The lowest BCUT2D eigenvalue weighted by molar-refractivity contribution is -0.129. The van der Waals surface area contributed by atoms with Gasteiger partial charge in [0, 0.05) is 19.3 Å². The number of hydrogen-bond acceptors (Lipinski definition) is 3. The zero-order chi connectivity index (χ0) is 16.9. The topological polar surface area (TPSA) is 74.3 Å². The summed E-state index contributed by atoms with van der Waals surface area (Å²) in [7, 11) is 0. The highest BCUT2D eigenvalue weighted by Gasteiger charge is 2.32. The number of urea groups is 1. The molecule has 2 heterocycles. The van der Waals surface area contributed by atoms with Gasteiger partial charge in [0.15, 0.2) is 0 Å². The molecule has 1 aliphatic rings. The van der Waals surface area contributed by atoms with Crippen LogP contribution in [0.3, 0.4) is 0 Å². The lowest BCUT2D eigenvalue weighted by atomic mass is 10.2. The van der Waals surface area contributed by atoms with Gasteiger partial charge in [-0.25, -0.2) is 9.18 Å². The fourth-order valence-electron chi connectivity index (χ4n) is 2.60. The molecule has 0 spiro atoms. The standard InChI is InChI=1S/C17H17FN4O2/c18-13-5-3-12(4-6-13)11-22-9-7-15(16(22)23)21-17(24)20-14-2-1-8-19-10-14/h1-6,8,10,15H,7,9,11H2,(H2,20,21,24)/t15-/m1/s1. The molecule has 24 heavy (non-hydrogen) atoms. The van der Waals surface area contributed by atoms with Crippen molar-refractivity contribution in [2.24, 2.45) is 0 Å². The van der Waals surface area contributed by atoms with Gasteiger partial charge in [-0.3, -0.25) is 9.78 Å². The van der Waals surface area contributed by atoms with Crippen molar-refractivity contribution >= 4 is 17.6 Å². The molecule has 0 unspecified atom stereocenters. The highest BCUT2D eigenvalue weighted by atomic mass is 19.1. The lowest BCUT2D eigenvalue weighted by Gasteiger charge is -2.17. The molecule has 1 atom stereocenters. The molecular weight excluding hydrogens is 311 g/mol. The van der Waals surface area contributed by atoms with Gasteiger partial charge in [-0.1, -0.05) is 12.1 Å². The molecule has 0 bridgehead atoms.